The maximum atomic E-state index is 6.30. The van der Waals surface area contributed by atoms with Crippen molar-refractivity contribution in [3.05, 3.63) is 23.8 Å². The van der Waals surface area contributed by atoms with E-state index in [1.165, 1.54) is 50.5 Å². The Labute approximate surface area is 133 Å². The van der Waals surface area contributed by atoms with E-state index in [1.54, 1.807) is 0 Å². The Balaban J connectivity index is 1.48. The van der Waals surface area contributed by atoms with Gasteiger partial charge in [0, 0.05) is 18.9 Å². The molecule has 2 atom stereocenters. The van der Waals surface area contributed by atoms with Gasteiger partial charge in [0.15, 0.2) is 11.5 Å². The van der Waals surface area contributed by atoms with Crippen molar-refractivity contribution >= 4 is 0 Å². The highest BCUT2D eigenvalue weighted by Crippen LogP contribution is 2.46. The first-order chi connectivity index (χ1) is 10.7. The Morgan fingerprint density at radius 1 is 0.955 bits per heavy atom. The smallest absolute Gasteiger partial charge is 0.251 e. The van der Waals surface area contributed by atoms with E-state index in [1.807, 2.05) is 0 Å². The lowest BCUT2D eigenvalue weighted by atomic mass is 9.81. The largest absolute Gasteiger partial charge is 0.448 e. The molecule has 2 saturated carbocycles. The monoisotopic (exact) mass is 301 g/mol. The lowest BCUT2D eigenvalue weighted by Gasteiger charge is -2.31. The van der Waals surface area contributed by atoms with Gasteiger partial charge in [-0.2, -0.15) is 0 Å². The number of fused-ring (bicyclic) bond motifs is 1. The standard InChI is InChI=1S/C19H27NO2/c20-16-7-3-2-6-15(16)12-14-8-9-17-18(13-14)22-19(21-17)10-4-1-5-11-19/h8-9,13,15-16H,1-7,10-12,20H2/t15-,16+/m0/s1. The molecule has 2 N–H and O–H groups in total. The van der Waals surface area contributed by atoms with Crippen molar-refractivity contribution in [2.75, 3.05) is 0 Å². The molecule has 2 aliphatic carbocycles. The van der Waals surface area contributed by atoms with Gasteiger partial charge in [0.05, 0.1) is 0 Å². The highest BCUT2D eigenvalue weighted by Gasteiger charge is 2.42. The average molecular weight is 301 g/mol. The van der Waals surface area contributed by atoms with Crippen molar-refractivity contribution < 1.29 is 9.47 Å². The van der Waals surface area contributed by atoms with Gasteiger partial charge < -0.3 is 15.2 Å². The Morgan fingerprint density at radius 3 is 2.55 bits per heavy atom. The quantitative estimate of drug-likeness (QED) is 0.891. The van der Waals surface area contributed by atoms with Crippen LogP contribution in [0, 0.1) is 5.92 Å². The Morgan fingerprint density at radius 2 is 1.73 bits per heavy atom. The van der Waals surface area contributed by atoms with Crippen LogP contribution in [0.5, 0.6) is 11.5 Å². The SMILES string of the molecule is N[C@@H]1CCCC[C@H]1Cc1ccc2c(c1)OC1(CCCCC1)O2. The third kappa shape index (κ3) is 2.71. The molecule has 0 saturated heterocycles. The van der Waals surface area contributed by atoms with Gasteiger partial charge in [0.25, 0.3) is 5.79 Å². The highest BCUT2D eigenvalue weighted by molar-refractivity contribution is 5.46. The number of ether oxygens (including phenoxy) is 2. The molecule has 1 aromatic carbocycles. The summed E-state index contributed by atoms with van der Waals surface area (Å²) in [6.07, 6.45) is 11.9. The van der Waals surface area contributed by atoms with E-state index in [9.17, 15) is 0 Å². The van der Waals surface area contributed by atoms with Crippen LogP contribution < -0.4 is 15.2 Å². The van der Waals surface area contributed by atoms with Crippen LogP contribution in [0.25, 0.3) is 0 Å². The fourth-order valence-electron chi connectivity index (χ4n) is 4.35. The average Bonchev–Trinajstić information content (AvgIpc) is 2.87. The van der Waals surface area contributed by atoms with Crippen LogP contribution in [0.2, 0.25) is 0 Å². The molecule has 3 heteroatoms. The summed E-state index contributed by atoms with van der Waals surface area (Å²) >= 11 is 0. The van der Waals surface area contributed by atoms with Gasteiger partial charge >= 0.3 is 0 Å². The van der Waals surface area contributed by atoms with Crippen molar-refractivity contribution in [1.82, 2.24) is 0 Å². The first-order valence-electron chi connectivity index (χ1n) is 9.01. The van der Waals surface area contributed by atoms with Gasteiger partial charge in [-0.25, -0.2) is 0 Å². The zero-order valence-corrected chi connectivity index (χ0v) is 13.4. The Hall–Kier alpha value is -1.22. The molecule has 120 valence electrons. The minimum absolute atomic E-state index is 0.361. The predicted molar refractivity (Wildman–Crippen MR) is 87.2 cm³/mol. The summed E-state index contributed by atoms with van der Waals surface area (Å²) in [5, 5.41) is 0. The number of nitrogens with two attached hydrogens (primary N) is 1. The van der Waals surface area contributed by atoms with Gasteiger partial charge in [-0.15, -0.1) is 0 Å². The molecule has 1 aliphatic heterocycles. The van der Waals surface area contributed by atoms with Gasteiger partial charge in [0.2, 0.25) is 0 Å². The normalized spacial score (nSPS) is 29.7. The molecule has 3 nitrogen and oxygen atoms in total. The summed E-state index contributed by atoms with van der Waals surface area (Å²) in [6.45, 7) is 0. The molecule has 3 aliphatic rings. The summed E-state index contributed by atoms with van der Waals surface area (Å²) < 4.78 is 12.4. The summed E-state index contributed by atoms with van der Waals surface area (Å²) in [7, 11) is 0. The third-order valence-electron chi connectivity index (χ3n) is 5.68. The van der Waals surface area contributed by atoms with Crippen molar-refractivity contribution in [2.45, 2.75) is 76.0 Å². The van der Waals surface area contributed by atoms with E-state index >= 15 is 0 Å². The summed E-state index contributed by atoms with van der Waals surface area (Å²) in [5.74, 6) is 2.14. The first-order valence-corrected chi connectivity index (χ1v) is 9.01. The van der Waals surface area contributed by atoms with Crippen molar-refractivity contribution in [2.24, 2.45) is 11.7 Å². The minimum Gasteiger partial charge on any atom is -0.448 e. The van der Waals surface area contributed by atoms with E-state index in [0.717, 1.165) is 30.8 Å². The molecule has 0 radical (unpaired) electrons. The molecule has 22 heavy (non-hydrogen) atoms. The Bertz CT molecular complexity index is 536. The topological polar surface area (TPSA) is 44.5 Å². The van der Waals surface area contributed by atoms with E-state index in [0.29, 0.717) is 12.0 Å². The van der Waals surface area contributed by atoms with Gasteiger partial charge in [-0.1, -0.05) is 25.3 Å². The fourth-order valence-corrected chi connectivity index (χ4v) is 4.35. The van der Waals surface area contributed by atoms with Crippen LogP contribution in [0.15, 0.2) is 18.2 Å². The first kappa shape index (κ1) is 14.4. The van der Waals surface area contributed by atoms with Crippen LogP contribution in [-0.4, -0.2) is 11.8 Å². The number of benzene rings is 1. The second kappa shape index (κ2) is 5.77. The maximum Gasteiger partial charge on any atom is 0.251 e. The van der Waals surface area contributed by atoms with Crippen LogP contribution in [0.1, 0.15) is 63.4 Å². The Kier molecular flexibility index (Phi) is 3.77. The number of rotatable bonds is 2. The molecule has 0 bridgehead atoms. The number of hydrogen-bond donors (Lipinski definition) is 1. The molecule has 2 fully saturated rings. The van der Waals surface area contributed by atoms with Crippen LogP contribution in [-0.2, 0) is 6.42 Å². The zero-order chi connectivity index (χ0) is 15.0. The molecule has 4 rings (SSSR count). The minimum atomic E-state index is -0.361. The molecule has 0 aromatic heterocycles. The van der Waals surface area contributed by atoms with Crippen LogP contribution in [0.3, 0.4) is 0 Å². The molecule has 1 spiro atoms. The molecule has 1 aromatic rings. The molecule has 0 unspecified atom stereocenters. The van der Waals surface area contributed by atoms with Crippen molar-refractivity contribution in [1.29, 1.82) is 0 Å². The molecular formula is C19H27NO2. The maximum absolute atomic E-state index is 6.30. The van der Waals surface area contributed by atoms with Crippen molar-refractivity contribution in [3.8, 4) is 11.5 Å². The second-order valence-electron chi connectivity index (χ2n) is 7.37. The van der Waals surface area contributed by atoms with Gasteiger partial charge in [0.1, 0.15) is 0 Å². The fraction of sp³-hybridized carbons (Fsp3) is 0.684. The van der Waals surface area contributed by atoms with Gasteiger partial charge in [-0.3, -0.25) is 0 Å². The molecular weight excluding hydrogens is 274 g/mol. The van der Waals surface area contributed by atoms with E-state index < -0.39 is 0 Å². The van der Waals surface area contributed by atoms with Crippen molar-refractivity contribution in [3.63, 3.8) is 0 Å². The van der Waals surface area contributed by atoms with Gasteiger partial charge in [-0.05, 0) is 55.7 Å². The summed E-state index contributed by atoms with van der Waals surface area (Å²) in [4.78, 5) is 0. The van der Waals surface area contributed by atoms with E-state index in [2.05, 4.69) is 18.2 Å². The lowest BCUT2D eigenvalue weighted by Crippen LogP contribution is -2.40. The number of hydrogen-bond acceptors (Lipinski definition) is 3. The summed E-state index contributed by atoms with van der Waals surface area (Å²) in [6, 6.07) is 6.86. The molecule has 1 heterocycles. The predicted octanol–water partition coefficient (Wildman–Crippen LogP) is 4.18. The van der Waals surface area contributed by atoms with E-state index in [-0.39, 0.29) is 5.79 Å². The summed E-state index contributed by atoms with van der Waals surface area (Å²) in [5.41, 5.74) is 7.64. The van der Waals surface area contributed by atoms with Crippen LogP contribution >= 0.6 is 0 Å². The van der Waals surface area contributed by atoms with E-state index in [4.69, 9.17) is 15.2 Å². The second-order valence-corrected chi connectivity index (χ2v) is 7.37. The lowest BCUT2D eigenvalue weighted by molar-refractivity contribution is -0.105. The molecule has 0 amide bonds. The zero-order valence-electron chi connectivity index (χ0n) is 13.4. The third-order valence-corrected chi connectivity index (χ3v) is 5.68. The van der Waals surface area contributed by atoms with Crippen LogP contribution in [0.4, 0.5) is 0 Å². The highest BCUT2D eigenvalue weighted by atomic mass is 16.7.